The van der Waals surface area contributed by atoms with Gasteiger partial charge in [-0.15, -0.1) is 0 Å². The van der Waals surface area contributed by atoms with Crippen LogP contribution in [0.3, 0.4) is 0 Å². The Morgan fingerprint density at radius 1 is 0.818 bits per heavy atom. The first kappa shape index (κ1) is 24.7. The van der Waals surface area contributed by atoms with E-state index in [0.29, 0.717) is 16.6 Å². The quantitative estimate of drug-likeness (QED) is 0.326. The van der Waals surface area contributed by atoms with Gasteiger partial charge < -0.3 is 8.75 Å². The summed E-state index contributed by atoms with van der Waals surface area (Å²) in [6.07, 6.45) is -5.68. The zero-order valence-electron chi connectivity index (χ0n) is 15.8. The highest BCUT2D eigenvalue weighted by atomic mass is 32.2. The Labute approximate surface area is 179 Å². The Balaban J connectivity index is 1.82. The van der Waals surface area contributed by atoms with Crippen LogP contribution in [-0.2, 0) is 16.7 Å². The van der Waals surface area contributed by atoms with Gasteiger partial charge in [0.25, 0.3) is 0 Å². The number of fused-ring (bicyclic) bond motifs is 1. The molecule has 1 aromatic heterocycles. The van der Waals surface area contributed by atoms with Crippen LogP contribution in [0.4, 0.5) is 39.5 Å². The van der Waals surface area contributed by atoms with Crippen LogP contribution in [0.2, 0.25) is 0 Å². The van der Waals surface area contributed by atoms with Crippen molar-refractivity contribution in [3.05, 3.63) is 60.4 Å². The molecule has 0 radical (unpaired) electrons. The van der Waals surface area contributed by atoms with Crippen LogP contribution in [0.1, 0.15) is 5.56 Å². The number of para-hydroxylation sites is 2. The first-order valence-corrected chi connectivity index (χ1v) is 10.0. The molecule has 0 spiro atoms. The maximum atomic E-state index is 13.7. The molecule has 0 fully saturated rings. The summed E-state index contributed by atoms with van der Waals surface area (Å²) in [6, 6.07) is 10.7. The van der Waals surface area contributed by atoms with E-state index in [1.165, 1.54) is 6.33 Å². The van der Waals surface area contributed by atoms with Crippen molar-refractivity contribution < 1.29 is 52.1 Å². The number of benzene rings is 2. The van der Waals surface area contributed by atoms with E-state index in [1.54, 1.807) is 28.8 Å². The molecule has 0 aliphatic rings. The van der Waals surface area contributed by atoms with Gasteiger partial charge in [0.1, 0.15) is 5.75 Å². The van der Waals surface area contributed by atoms with Crippen molar-refractivity contribution >= 4 is 21.2 Å². The highest BCUT2D eigenvalue weighted by Gasteiger charge is 2.86. The lowest BCUT2D eigenvalue weighted by Gasteiger charge is -2.32. The van der Waals surface area contributed by atoms with E-state index < -0.39 is 39.1 Å². The second kappa shape index (κ2) is 7.81. The van der Waals surface area contributed by atoms with Crippen LogP contribution < -0.4 is 4.18 Å². The zero-order valence-corrected chi connectivity index (χ0v) is 16.6. The largest absolute Gasteiger partial charge is 0.460 e. The van der Waals surface area contributed by atoms with Crippen LogP contribution in [-0.4, -0.2) is 41.2 Å². The van der Waals surface area contributed by atoms with Gasteiger partial charge in [0.2, 0.25) is 0 Å². The number of hydrogen-bond acceptors (Lipinski definition) is 4. The van der Waals surface area contributed by atoms with E-state index in [9.17, 15) is 47.9 Å². The molecule has 0 aliphatic carbocycles. The molecule has 0 atom stereocenters. The van der Waals surface area contributed by atoms with E-state index in [0.717, 1.165) is 24.3 Å². The van der Waals surface area contributed by atoms with Crippen molar-refractivity contribution in [1.82, 2.24) is 9.55 Å². The van der Waals surface area contributed by atoms with Crippen molar-refractivity contribution in [2.75, 3.05) is 0 Å². The van der Waals surface area contributed by atoms with Gasteiger partial charge in [0.05, 0.1) is 17.4 Å². The second-order valence-electron chi connectivity index (χ2n) is 6.71. The minimum Gasteiger partial charge on any atom is -0.378 e. The van der Waals surface area contributed by atoms with Gasteiger partial charge in [0.15, 0.2) is 0 Å². The summed E-state index contributed by atoms with van der Waals surface area (Å²) in [6.45, 7) is 0.152. The predicted octanol–water partition coefficient (Wildman–Crippen LogP) is 5.22. The fraction of sp³-hybridized carbons (Fsp3) is 0.278. The lowest BCUT2D eigenvalue weighted by molar-refractivity contribution is -0.382. The van der Waals surface area contributed by atoms with E-state index in [1.807, 2.05) is 0 Å². The SMILES string of the molecule is O=S(=O)(Oc1ccc(Cn2cnc3ccccc32)cc1)C(F)(F)C(F)(F)C(F)(F)C(F)(F)F. The fourth-order valence-corrected chi connectivity index (χ4v) is 3.59. The molecular formula is C18H11F9N2O3S. The van der Waals surface area contributed by atoms with Crippen molar-refractivity contribution in [2.24, 2.45) is 0 Å². The van der Waals surface area contributed by atoms with Crippen LogP contribution in [0.25, 0.3) is 11.0 Å². The molecule has 0 saturated heterocycles. The molecule has 2 aromatic carbocycles. The molecule has 0 bridgehead atoms. The summed E-state index contributed by atoms with van der Waals surface area (Å²) in [5, 5.41) is -6.92. The molecule has 3 rings (SSSR count). The smallest absolute Gasteiger partial charge is 0.378 e. The molecule has 0 saturated carbocycles. The third-order valence-electron chi connectivity index (χ3n) is 4.44. The third kappa shape index (κ3) is 4.09. The number of alkyl halides is 9. The molecule has 0 amide bonds. The number of hydrogen-bond donors (Lipinski definition) is 0. The van der Waals surface area contributed by atoms with Gasteiger partial charge in [-0.1, -0.05) is 24.3 Å². The average molecular weight is 506 g/mol. The van der Waals surface area contributed by atoms with Crippen molar-refractivity contribution in [2.45, 2.75) is 29.8 Å². The first-order chi connectivity index (χ1) is 15.0. The molecular weight excluding hydrogens is 495 g/mol. The topological polar surface area (TPSA) is 61.2 Å². The van der Waals surface area contributed by atoms with Gasteiger partial charge in [-0.25, -0.2) is 4.98 Å². The minimum absolute atomic E-state index is 0.152. The highest BCUT2D eigenvalue weighted by Crippen LogP contribution is 2.54. The second-order valence-corrected chi connectivity index (χ2v) is 8.29. The molecule has 0 aliphatic heterocycles. The van der Waals surface area contributed by atoms with E-state index in [2.05, 4.69) is 9.17 Å². The van der Waals surface area contributed by atoms with Crippen LogP contribution >= 0.6 is 0 Å². The molecule has 5 nitrogen and oxygen atoms in total. The number of imidazole rings is 1. The maximum absolute atomic E-state index is 13.7. The van der Waals surface area contributed by atoms with Gasteiger partial charge in [-0.2, -0.15) is 47.9 Å². The summed E-state index contributed by atoms with van der Waals surface area (Å²) in [7, 11) is -6.98. The zero-order chi connectivity index (χ0) is 24.9. The Morgan fingerprint density at radius 3 is 1.97 bits per heavy atom. The Kier molecular flexibility index (Phi) is 5.84. The summed E-state index contributed by atoms with van der Waals surface area (Å²) in [5.41, 5.74) is 1.80. The first-order valence-electron chi connectivity index (χ1n) is 8.64. The molecule has 33 heavy (non-hydrogen) atoms. The van der Waals surface area contributed by atoms with Gasteiger partial charge >= 0.3 is 33.4 Å². The van der Waals surface area contributed by atoms with Crippen LogP contribution in [0.5, 0.6) is 5.75 Å². The average Bonchev–Trinajstić information content (AvgIpc) is 3.11. The van der Waals surface area contributed by atoms with Gasteiger partial charge in [-0.05, 0) is 29.8 Å². The molecule has 0 N–H and O–H groups in total. The Bertz CT molecular complexity index is 1250. The fourth-order valence-electron chi connectivity index (χ4n) is 2.68. The number of rotatable bonds is 7. The monoisotopic (exact) mass is 506 g/mol. The molecule has 180 valence electrons. The van der Waals surface area contributed by atoms with E-state index >= 15 is 0 Å². The van der Waals surface area contributed by atoms with Crippen molar-refractivity contribution in [1.29, 1.82) is 0 Å². The number of halogens is 9. The molecule has 1 heterocycles. The van der Waals surface area contributed by atoms with E-state index in [-0.39, 0.29) is 6.54 Å². The summed E-state index contributed by atoms with van der Waals surface area (Å²) in [4.78, 5) is 4.13. The Morgan fingerprint density at radius 2 is 1.39 bits per heavy atom. The number of aromatic nitrogens is 2. The van der Waals surface area contributed by atoms with Crippen LogP contribution in [0, 0.1) is 0 Å². The summed E-state index contributed by atoms with van der Waals surface area (Å²) >= 11 is 0. The molecule has 15 heteroatoms. The maximum Gasteiger partial charge on any atom is 0.460 e. The van der Waals surface area contributed by atoms with Gasteiger partial charge in [0, 0.05) is 6.54 Å². The van der Waals surface area contributed by atoms with Crippen LogP contribution in [0.15, 0.2) is 54.9 Å². The predicted molar refractivity (Wildman–Crippen MR) is 95.7 cm³/mol. The normalized spacial score (nSPS) is 14.0. The Hall–Kier alpha value is -2.97. The molecule has 3 aromatic rings. The highest BCUT2D eigenvalue weighted by molar-refractivity contribution is 7.88. The van der Waals surface area contributed by atoms with Crippen molar-refractivity contribution in [3.63, 3.8) is 0 Å². The molecule has 0 unspecified atom stereocenters. The van der Waals surface area contributed by atoms with Gasteiger partial charge in [-0.3, -0.25) is 0 Å². The lowest BCUT2D eigenvalue weighted by Crippen LogP contribution is -2.63. The standard InChI is InChI=1S/C18H11F9N2O3S/c19-15(20,17(23,24)25)16(21,22)18(26,27)33(30,31)32-12-7-5-11(6-8-12)9-29-10-28-13-3-1-2-4-14(13)29/h1-8,10H,9H2. The summed E-state index contributed by atoms with van der Waals surface area (Å²) in [5.74, 6) is -15.7. The third-order valence-corrected chi connectivity index (χ3v) is 5.74. The minimum atomic E-state index is -7.36. The summed E-state index contributed by atoms with van der Waals surface area (Å²) < 4.78 is 145. The lowest BCUT2D eigenvalue weighted by atomic mass is 10.1. The number of nitrogens with zero attached hydrogens (tertiary/aromatic N) is 2. The van der Waals surface area contributed by atoms with E-state index in [4.69, 9.17) is 0 Å². The van der Waals surface area contributed by atoms with Crippen molar-refractivity contribution in [3.8, 4) is 5.75 Å².